The van der Waals surface area contributed by atoms with E-state index in [2.05, 4.69) is 32.5 Å². The average molecular weight is 484 g/mol. The minimum Gasteiger partial charge on any atom is -0.444 e. The second kappa shape index (κ2) is 9.93. The van der Waals surface area contributed by atoms with Gasteiger partial charge < -0.3 is 19.9 Å². The Morgan fingerprint density at radius 1 is 1.12 bits per heavy atom. The number of halogens is 1. The molecule has 0 aliphatic carbocycles. The van der Waals surface area contributed by atoms with E-state index in [4.69, 9.17) is 16.3 Å². The molecule has 4 rings (SSSR count). The van der Waals surface area contributed by atoms with E-state index in [0.717, 1.165) is 22.2 Å². The number of aromatic nitrogens is 2. The summed E-state index contributed by atoms with van der Waals surface area (Å²) in [7, 11) is 0. The van der Waals surface area contributed by atoms with Gasteiger partial charge in [-0.3, -0.25) is 9.89 Å². The number of anilines is 1. The van der Waals surface area contributed by atoms with E-state index in [1.165, 1.54) is 0 Å². The molecule has 0 radical (unpaired) electrons. The third-order valence-corrected chi connectivity index (χ3v) is 5.97. The van der Waals surface area contributed by atoms with Crippen molar-refractivity contribution < 1.29 is 14.3 Å². The normalized spacial score (nSPS) is 15.3. The monoisotopic (exact) mass is 483 g/mol. The molecule has 2 N–H and O–H groups in total. The Morgan fingerprint density at radius 3 is 2.50 bits per heavy atom. The molecule has 0 saturated carbocycles. The van der Waals surface area contributed by atoms with Crippen molar-refractivity contribution >= 4 is 40.2 Å². The maximum atomic E-state index is 13.5. The number of amides is 2. The zero-order valence-corrected chi connectivity index (χ0v) is 20.4. The molecule has 9 heteroatoms. The predicted molar refractivity (Wildman–Crippen MR) is 133 cm³/mol. The summed E-state index contributed by atoms with van der Waals surface area (Å²) in [5, 5.41) is 11.5. The van der Waals surface area contributed by atoms with Crippen molar-refractivity contribution in [3.8, 4) is 0 Å². The standard InChI is InChI=1S/C25H30ClN5O3/c1-25(2,3)34-24(33)28-22(14-17-4-6-19(26)7-5-17)23(32)31-12-10-30(11-13-31)20-8-9-21-18(15-20)16-27-29-21/h4-9,15-16,22H,10-14H2,1-3H3,(H,27,29)(H,28,33)/t22-/m0/s1. The van der Waals surface area contributed by atoms with Crippen molar-refractivity contribution in [2.45, 2.75) is 38.8 Å². The summed E-state index contributed by atoms with van der Waals surface area (Å²) in [6.07, 6.45) is 1.56. The first-order valence-electron chi connectivity index (χ1n) is 11.4. The van der Waals surface area contributed by atoms with Gasteiger partial charge in [0.2, 0.25) is 5.91 Å². The molecule has 0 spiro atoms. The molecule has 0 unspecified atom stereocenters. The molecule has 2 heterocycles. The number of carbonyl (C=O) groups is 2. The van der Waals surface area contributed by atoms with Crippen LogP contribution in [-0.2, 0) is 16.0 Å². The highest BCUT2D eigenvalue weighted by Gasteiger charge is 2.30. The molecule has 34 heavy (non-hydrogen) atoms. The van der Waals surface area contributed by atoms with E-state index in [9.17, 15) is 9.59 Å². The first-order valence-corrected chi connectivity index (χ1v) is 11.8. The topological polar surface area (TPSA) is 90.6 Å². The first-order chi connectivity index (χ1) is 16.2. The molecule has 1 fully saturated rings. The molecular formula is C25H30ClN5O3. The Morgan fingerprint density at radius 2 is 1.82 bits per heavy atom. The zero-order chi connectivity index (χ0) is 24.3. The van der Waals surface area contributed by atoms with Gasteiger partial charge in [-0.1, -0.05) is 23.7 Å². The van der Waals surface area contributed by atoms with Gasteiger partial charge in [0, 0.05) is 48.7 Å². The van der Waals surface area contributed by atoms with Crippen LogP contribution in [0.3, 0.4) is 0 Å². The van der Waals surface area contributed by atoms with Crippen LogP contribution in [-0.4, -0.2) is 64.9 Å². The number of aromatic amines is 1. The molecule has 3 aromatic rings. The number of piperazine rings is 1. The van der Waals surface area contributed by atoms with Crippen LogP contribution in [0.25, 0.3) is 10.9 Å². The minimum absolute atomic E-state index is 0.120. The number of alkyl carbamates (subject to hydrolysis) is 1. The van der Waals surface area contributed by atoms with Crippen LogP contribution < -0.4 is 10.2 Å². The van der Waals surface area contributed by atoms with Gasteiger partial charge in [-0.05, 0) is 56.7 Å². The van der Waals surface area contributed by atoms with Gasteiger partial charge in [-0.25, -0.2) is 4.79 Å². The number of hydrogen-bond donors (Lipinski definition) is 2. The van der Waals surface area contributed by atoms with Crippen LogP contribution in [0, 0.1) is 0 Å². The number of H-pyrrole nitrogens is 1. The molecule has 1 saturated heterocycles. The third kappa shape index (κ3) is 5.99. The molecular weight excluding hydrogens is 454 g/mol. The van der Waals surface area contributed by atoms with Crippen molar-refractivity contribution in [2.24, 2.45) is 0 Å². The summed E-state index contributed by atoms with van der Waals surface area (Å²) in [4.78, 5) is 30.0. The highest BCUT2D eigenvalue weighted by Crippen LogP contribution is 2.22. The van der Waals surface area contributed by atoms with Crippen molar-refractivity contribution in [1.82, 2.24) is 20.4 Å². The number of fused-ring (bicyclic) bond motifs is 1. The minimum atomic E-state index is -0.732. The summed E-state index contributed by atoms with van der Waals surface area (Å²) in [5.74, 6) is -0.120. The molecule has 2 aromatic carbocycles. The smallest absolute Gasteiger partial charge is 0.408 e. The molecule has 8 nitrogen and oxygen atoms in total. The Labute approximate surface area is 204 Å². The quantitative estimate of drug-likeness (QED) is 0.572. The SMILES string of the molecule is CC(C)(C)OC(=O)N[C@@H](Cc1ccc(Cl)cc1)C(=O)N1CCN(c2ccc3[nH]ncc3c2)CC1. The third-order valence-electron chi connectivity index (χ3n) is 5.72. The van der Waals surface area contributed by atoms with Gasteiger partial charge >= 0.3 is 6.09 Å². The number of benzene rings is 2. The number of rotatable bonds is 5. The number of nitrogens with zero attached hydrogens (tertiary/aromatic N) is 3. The molecule has 180 valence electrons. The molecule has 0 bridgehead atoms. The number of ether oxygens (including phenoxy) is 1. The van der Waals surface area contributed by atoms with Gasteiger partial charge in [0.15, 0.2) is 0 Å². The van der Waals surface area contributed by atoms with Gasteiger partial charge in [0.05, 0.1) is 11.7 Å². The Bertz CT molecular complexity index is 1150. The van der Waals surface area contributed by atoms with Crippen LogP contribution in [0.1, 0.15) is 26.3 Å². The van der Waals surface area contributed by atoms with Crippen LogP contribution in [0.5, 0.6) is 0 Å². The van der Waals surface area contributed by atoms with Crippen LogP contribution >= 0.6 is 11.6 Å². The fraction of sp³-hybridized carbons (Fsp3) is 0.400. The molecule has 1 aromatic heterocycles. The highest BCUT2D eigenvalue weighted by atomic mass is 35.5. The van der Waals surface area contributed by atoms with Gasteiger partial charge in [0.25, 0.3) is 0 Å². The Balaban J connectivity index is 1.43. The average Bonchev–Trinajstić information content (AvgIpc) is 3.26. The molecule has 1 atom stereocenters. The summed E-state index contributed by atoms with van der Waals surface area (Å²) < 4.78 is 5.41. The Kier molecular flexibility index (Phi) is 6.97. The zero-order valence-electron chi connectivity index (χ0n) is 19.7. The second-order valence-corrected chi connectivity index (χ2v) is 9.92. The van der Waals surface area contributed by atoms with Crippen molar-refractivity contribution in [3.63, 3.8) is 0 Å². The summed E-state index contributed by atoms with van der Waals surface area (Å²) in [6, 6.07) is 12.7. The molecule has 2 amide bonds. The Hall–Kier alpha value is -3.26. The number of hydrogen-bond acceptors (Lipinski definition) is 5. The van der Waals surface area contributed by atoms with Gasteiger partial charge in [-0.2, -0.15) is 5.10 Å². The van der Waals surface area contributed by atoms with Crippen molar-refractivity contribution in [2.75, 3.05) is 31.1 Å². The summed E-state index contributed by atoms with van der Waals surface area (Å²) >= 11 is 6.00. The molecule has 1 aliphatic rings. The van der Waals surface area contributed by atoms with E-state index in [1.807, 2.05) is 29.3 Å². The van der Waals surface area contributed by atoms with E-state index < -0.39 is 17.7 Å². The van der Waals surface area contributed by atoms with Crippen LogP contribution in [0.2, 0.25) is 5.02 Å². The number of nitrogens with one attached hydrogen (secondary N) is 2. The van der Waals surface area contributed by atoms with Crippen LogP contribution in [0.4, 0.5) is 10.5 Å². The maximum absolute atomic E-state index is 13.5. The fourth-order valence-corrected chi connectivity index (χ4v) is 4.16. The fourth-order valence-electron chi connectivity index (χ4n) is 4.04. The van der Waals surface area contributed by atoms with E-state index in [0.29, 0.717) is 37.6 Å². The lowest BCUT2D eigenvalue weighted by Crippen LogP contribution is -2.56. The second-order valence-electron chi connectivity index (χ2n) is 9.48. The lowest BCUT2D eigenvalue weighted by molar-refractivity contribution is -0.133. The van der Waals surface area contributed by atoms with E-state index >= 15 is 0 Å². The molecule has 1 aliphatic heterocycles. The summed E-state index contributed by atoms with van der Waals surface area (Å²) in [5.41, 5.74) is 2.35. The lowest BCUT2D eigenvalue weighted by atomic mass is 10.0. The largest absolute Gasteiger partial charge is 0.444 e. The maximum Gasteiger partial charge on any atom is 0.408 e. The van der Waals surface area contributed by atoms with Crippen LogP contribution in [0.15, 0.2) is 48.7 Å². The number of carbonyl (C=O) groups excluding carboxylic acids is 2. The first kappa shape index (κ1) is 23.9. The predicted octanol–water partition coefficient (Wildman–Crippen LogP) is 4.00. The van der Waals surface area contributed by atoms with Gasteiger partial charge in [-0.15, -0.1) is 0 Å². The highest BCUT2D eigenvalue weighted by molar-refractivity contribution is 6.30. The van der Waals surface area contributed by atoms with Gasteiger partial charge in [0.1, 0.15) is 11.6 Å². The van der Waals surface area contributed by atoms with E-state index in [1.54, 1.807) is 32.9 Å². The van der Waals surface area contributed by atoms with E-state index in [-0.39, 0.29) is 5.91 Å². The van der Waals surface area contributed by atoms with Crippen molar-refractivity contribution in [1.29, 1.82) is 0 Å². The summed E-state index contributed by atoms with van der Waals surface area (Å²) in [6.45, 7) is 7.92. The lowest BCUT2D eigenvalue weighted by Gasteiger charge is -2.37. The van der Waals surface area contributed by atoms with Crippen molar-refractivity contribution in [3.05, 3.63) is 59.2 Å².